The number of hydrogen-bond acceptors (Lipinski definition) is 4. The minimum atomic E-state index is -0.444. The van der Waals surface area contributed by atoms with E-state index >= 15 is 0 Å². The number of nitrogens with zero attached hydrogens (tertiary/aromatic N) is 3. The summed E-state index contributed by atoms with van der Waals surface area (Å²) < 4.78 is 13.3. The van der Waals surface area contributed by atoms with E-state index in [0.29, 0.717) is 17.3 Å². The smallest absolute Gasteiger partial charge is 0.141 e. The van der Waals surface area contributed by atoms with Crippen LogP contribution in [0.1, 0.15) is 11.4 Å². The first kappa shape index (κ1) is 15.8. The van der Waals surface area contributed by atoms with Gasteiger partial charge in [0.2, 0.25) is 0 Å². The van der Waals surface area contributed by atoms with Crippen LogP contribution in [-0.2, 0) is 6.42 Å². The van der Waals surface area contributed by atoms with Crippen molar-refractivity contribution in [1.29, 1.82) is 0 Å². The molecule has 6 heteroatoms. The van der Waals surface area contributed by atoms with Gasteiger partial charge in [-0.15, -0.1) is 0 Å². The van der Waals surface area contributed by atoms with E-state index in [1.165, 1.54) is 17.3 Å². The van der Waals surface area contributed by atoms with Gasteiger partial charge >= 0.3 is 0 Å². The molecular formula is C19H16ClFN4. The normalized spacial score (nSPS) is 13.0. The van der Waals surface area contributed by atoms with E-state index in [0.717, 1.165) is 18.8 Å². The van der Waals surface area contributed by atoms with Crippen LogP contribution in [-0.4, -0.2) is 16.5 Å². The molecule has 4 nitrogen and oxygen atoms in total. The van der Waals surface area contributed by atoms with Gasteiger partial charge < -0.3 is 10.2 Å². The number of fused-ring (bicyclic) bond motifs is 1. The molecule has 0 unspecified atom stereocenters. The molecule has 0 saturated heterocycles. The molecule has 0 atom stereocenters. The Morgan fingerprint density at radius 3 is 2.80 bits per heavy atom. The molecule has 1 aliphatic rings. The summed E-state index contributed by atoms with van der Waals surface area (Å²) in [5.41, 5.74) is 3.17. The number of para-hydroxylation sites is 1. The third-order valence-corrected chi connectivity index (χ3v) is 4.47. The lowest BCUT2D eigenvalue weighted by Crippen LogP contribution is -2.16. The van der Waals surface area contributed by atoms with Crippen molar-refractivity contribution >= 4 is 34.6 Å². The standard InChI is InChI=1S/C19H16ClFN4/c1-12-22-18(24-14-6-7-16(21)15(20)10-14)11-19(23-12)25-9-8-13-4-2-3-5-17(13)25/h2-7,10-11H,8-9H2,1H3,(H,22,23,24). The number of halogens is 2. The summed E-state index contributed by atoms with van der Waals surface area (Å²) in [6, 6.07) is 14.7. The molecule has 25 heavy (non-hydrogen) atoms. The predicted octanol–water partition coefficient (Wildman–Crippen LogP) is 5.02. The van der Waals surface area contributed by atoms with E-state index in [-0.39, 0.29) is 5.02 Å². The summed E-state index contributed by atoms with van der Waals surface area (Å²) in [5.74, 6) is 1.71. The third-order valence-electron chi connectivity index (χ3n) is 4.18. The van der Waals surface area contributed by atoms with Gasteiger partial charge in [0.1, 0.15) is 23.3 Å². The Hall–Kier alpha value is -2.66. The van der Waals surface area contributed by atoms with Crippen molar-refractivity contribution < 1.29 is 4.39 Å². The Kier molecular flexibility index (Phi) is 4.01. The Balaban J connectivity index is 1.66. The largest absolute Gasteiger partial charge is 0.340 e. The molecule has 0 fully saturated rings. The topological polar surface area (TPSA) is 41.1 Å². The summed E-state index contributed by atoms with van der Waals surface area (Å²) in [6.45, 7) is 2.74. The first-order valence-corrected chi connectivity index (χ1v) is 8.41. The van der Waals surface area contributed by atoms with Gasteiger partial charge in [-0.2, -0.15) is 0 Å². The number of aryl methyl sites for hydroxylation is 1. The fourth-order valence-corrected chi connectivity index (χ4v) is 3.23. The van der Waals surface area contributed by atoms with Crippen LogP contribution >= 0.6 is 11.6 Å². The fraction of sp³-hybridized carbons (Fsp3) is 0.158. The van der Waals surface area contributed by atoms with Crippen molar-refractivity contribution in [3.63, 3.8) is 0 Å². The summed E-state index contributed by atoms with van der Waals surface area (Å²) in [6.07, 6.45) is 0.996. The van der Waals surface area contributed by atoms with Gasteiger partial charge in [-0.3, -0.25) is 0 Å². The molecule has 1 N–H and O–H groups in total. The van der Waals surface area contributed by atoms with Gasteiger partial charge in [0.15, 0.2) is 0 Å². The van der Waals surface area contributed by atoms with Crippen molar-refractivity contribution in [2.24, 2.45) is 0 Å². The van der Waals surface area contributed by atoms with E-state index in [2.05, 4.69) is 38.4 Å². The Bertz CT molecular complexity index is 944. The number of nitrogens with one attached hydrogen (secondary N) is 1. The monoisotopic (exact) mass is 354 g/mol. The van der Waals surface area contributed by atoms with Crippen molar-refractivity contribution in [1.82, 2.24) is 9.97 Å². The van der Waals surface area contributed by atoms with Crippen molar-refractivity contribution in [3.8, 4) is 0 Å². The fourth-order valence-electron chi connectivity index (χ4n) is 3.05. The number of benzene rings is 2. The second-order valence-corrected chi connectivity index (χ2v) is 6.35. The zero-order valence-corrected chi connectivity index (χ0v) is 14.4. The van der Waals surface area contributed by atoms with Gasteiger partial charge in [0.25, 0.3) is 0 Å². The molecule has 2 aromatic carbocycles. The summed E-state index contributed by atoms with van der Waals surface area (Å²) >= 11 is 5.85. The predicted molar refractivity (Wildman–Crippen MR) is 98.6 cm³/mol. The molecule has 126 valence electrons. The van der Waals surface area contributed by atoms with Gasteiger partial charge in [0.05, 0.1) is 5.02 Å². The Morgan fingerprint density at radius 2 is 1.96 bits per heavy atom. The number of anilines is 4. The molecule has 1 aromatic heterocycles. The Morgan fingerprint density at radius 1 is 1.12 bits per heavy atom. The minimum absolute atomic E-state index is 0.0736. The van der Waals surface area contributed by atoms with Crippen molar-refractivity contribution in [2.45, 2.75) is 13.3 Å². The lowest BCUT2D eigenvalue weighted by molar-refractivity contribution is 0.628. The molecule has 0 saturated carbocycles. The first-order valence-electron chi connectivity index (χ1n) is 8.03. The van der Waals surface area contributed by atoms with E-state index < -0.39 is 5.82 Å². The quantitative estimate of drug-likeness (QED) is 0.717. The third kappa shape index (κ3) is 3.15. The van der Waals surface area contributed by atoms with E-state index in [4.69, 9.17) is 11.6 Å². The van der Waals surface area contributed by atoms with Gasteiger partial charge in [-0.05, 0) is 43.2 Å². The zero-order chi connectivity index (χ0) is 17.4. The molecule has 0 spiro atoms. The van der Waals surface area contributed by atoms with Crippen LogP contribution in [0.25, 0.3) is 0 Å². The minimum Gasteiger partial charge on any atom is -0.340 e. The molecule has 0 amide bonds. The molecule has 0 radical (unpaired) electrons. The summed E-state index contributed by atoms with van der Waals surface area (Å²) in [5, 5.41) is 3.25. The van der Waals surface area contributed by atoms with Crippen molar-refractivity contribution in [2.75, 3.05) is 16.8 Å². The molecule has 0 bridgehead atoms. The highest BCUT2D eigenvalue weighted by atomic mass is 35.5. The van der Waals surface area contributed by atoms with Crippen LogP contribution in [0.4, 0.5) is 27.4 Å². The second kappa shape index (κ2) is 6.33. The summed E-state index contributed by atoms with van der Waals surface area (Å²) in [7, 11) is 0. The lowest BCUT2D eigenvalue weighted by atomic mass is 10.2. The highest BCUT2D eigenvalue weighted by molar-refractivity contribution is 6.31. The van der Waals surface area contributed by atoms with Crippen LogP contribution in [0.5, 0.6) is 0 Å². The lowest BCUT2D eigenvalue weighted by Gasteiger charge is -2.19. The maximum Gasteiger partial charge on any atom is 0.141 e. The van der Waals surface area contributed by atoms with Crippen LogP contribution in [0.15, 0.2) is 48.5 Å². The zero-order valence-electron chi connectivity index (χ0n) is 13.6. The van der Waals surface area contributed by atoms with Crippen molar-refractivity contribution in [3.05, 3.63) is 70.8 Å². The average Bonchev–Trinajstić information content (AvgIpc) is 3.02. The SMILES string of the molecule is Cc1nc(Nc2ccc(F)c(Cl)c2)cc(N2CCc3ccccc32)n1. The van der Waals surface area contributed by atoms with E-state index in [1.807, 2.05) is 19.1 Å². The molecular weight excluding hydrogens is 339 g/mol. The van der Waals surface area contributed by atoms with Gasteiger partial charge in [-0.1, -0.05) is 29.8 Å². The van der Waals surface area contributed by atoms with E-state index in [1.54, 1.807) is 12.1 Å². The van der Waals surface area contributed by atoms with Crippen LogP contribution in [0.3, 0.4) is 0 Å². The second-order valence-electron chi connectivity index (χ2n) is 5.94. The number of rotatable bonds is 3. The molecule has 3 aromatic rings. The maximum atomic E-state index is 13.3. The van der Waals surface area contributed by atoms with Gasteiger partial charge in [0, 0.05) is 24.0 Å². The average molecular weight is 355 g/mol. The summed E-state index contributed by atoms with van der Waals surface area (Å²) in [4.78, 5) is 11.2. The van der Waals surface area contributed by atoms with E-state index in [9.17, 15) is 4.39 Å². The first-order chi connectivity index (χ1) is 12.1. The molecule has 2 heterocycles. The van der Waals surface area contributed by atoms with Gasteiger partial charge in [-0.25, -0.2) is 14.4 Å². The number of aromatic nitrogens is 2. The maximum absolute atomic E-state index is 13.3. The Labute approximate surface area is 150 Å². The van der Waals surface area contributed by atoms with Crippen LogP contribution < -0.4 is 10.2 Å². The molecule has 0 aliphatic carbocycles. The van der Waals surface area contributed by atoms with Crippen LogP contribution in [0.2, 0.25) is 5.02 Å². The number of hydrogen-bond donors (Lipinski definition) is 1. The molecule has 1 aliphatic heterocycles. The highest BCUT2D eigenvalue weighted by Crippen LogP contribution is 2.34. The highest BCUT2D eigenvalue weighted by Gasteiger charge is 2.21. The van der Waals surface area contributed by atoms with Crippen LogP contribution in [0, 0.1) is 12.7 Å². The molecule has 4 rings (SSSR count).